The molecule has 1 aliphatic carbocycles. The number of aromatic nitrogens is 2. The summed E-state index contributed by atoms with van der Waals surface area (Å²) in [7, 11) is 0. The predicted octanol–water partition coefficient (Wildman–Crippen LogP) is 2.25. The highest BCUT2D eigenvalue weighted by Crippen LogP contribution is 2.27. The van der Waals surface area contributed by atoms with Gasteiger partial charge in [0.1, 0.15) is 17.8 Å². The number of ketones is 1. The van der Waals surface area contributed by atoms with Crippen molar-refractivity contribution < 1.29 is 9.53 Å². The highest BCUT2D eigenvalue weighted by molar-refractivity contribution is 6.07. The Balaban J connectivity index is 1.84. The van der Waals surface area contributed by atoms with Gasteiger partial charge in [0.15, 0.2) is 0 Å². The number of hydrogen-bond acceptors (Lipinski definition) is 4. The van der Waals surface area contributed by atoms with Crippen molar-refractivity contribution in [3.8, 4) is 5.75 Å². The number of ether oxygens (including phenoxy) is 1. The van der Waals surface area contributed by atoms with Crippen molar-refractivity contribution in [1.29, 1.82) is 0 Å². The molecule has 2 aromatic rings. The van der Waals surface area contributed by atoms with E-state index in [1.165, 1.54) is 6.33 Å². The van der Waals surface area contributed by atoms with E-state index >= 15 is 0 Å². The summed E-state index contributed by atoms with van der Waals surface area (Å²) in [5.74, 6) is 0.635. The number of hydrogen-bond donors (Lipinski definition) is 0. The van der Waals surface area contributed by atoms with Gasteiger partial charge in [0.2, 0.25) is 5.78 Å². The summed E-state index contributed by atoms with van der Waals surface area (Å²) in [6.45, 7) is 0. The number of carbonyl (C=O) groups is 1. The monoisotopic (exact) mass is 240 g/mol. The third-order valence-electron chi connectivity index (χ3n) is 2.74. The summed E-state index contributed by atoms with van der Waals surface area (Å²) in [6, 6.07) is 8.84. The average Bonchev–Trinajstić information content (AvgIpc) is 3.23. The molecule has 1 heterocycles. The van der Waals surface area contributed by atoms with Gasteiger partial charge in [0, 0.05) is 11.8 Å². The summed E-state index contributed by atoms with van der Waals surface area (Å²) in [4.78, 5) is 19.9. The first-order valence-electron chi connectivity index (χ1n) is 5.90. The van der Waals surface area contributed by atoms with E-state index in [1.54, 1.807) is 24.4 Å². The molecule has 4 heteroatoms. The Labute approximate surface area is 105 Å². The first kappa shape index (κ1) is 10.9. The molecule has 0 spiro atoms. The van der Waals surface area contributed by atoms with Crippen LogP contribution in [0.4, 0.5) is 0 Å². The highest BCUT2D eigenvalue weighted by Gasteiger charge is 2.23. The summed E-state index contributed by atoms with van der Waals surface area (Å²) >= 11 is 0. The van der Waals surface area contributed by atoms with Gasteiger partial charge < -0.3 is 4.74 Å². The smallest absolute Gasteiger partial charge is 0.211 e. The third-order valence-corrected chi connectivity index (χ3v) is 2.74. The second kappa shape index (κ2) is 4.56. The van der Waals surface area contributed by atoms with E-state index in [1.807, 2.05) is 12.1 Å². The zero-order valence-electron chi connectivity index (χ0n) is 9.74. The fourth-order valence-corrected chi connectivity index (χ4v) is 1.66. The summed E-state index contributed by atoms with van der Waals surface area (Å²) < 4.78 is 5.67. The predicted molar refractivity (Wildman–Crippen MR) is 65.6 cm³/mol. The quantitative estimate of drug-likeness (QED) is 0.769. The van der Waals surface area contributed by atoms with E-state index in [4.69, 9.17) is 4.74 Å². The van der Waals surface area contributed by atoms with Gasteiger partial charge in [0.05, 0.1) is 6.10 Å². The molecular weight excluding hydrogens is 228 g/mol. The molecule has 1 aliphatic rings. The lowest BCUT2D eigenvalue weighted by Crippen LogP contribution is -2.05. The summed E-state index contributed by atoms with van der Waals surface area (Å²) in [5.41, 5.74) is 0.987. The molecule has 0 unspecified atom stereocenters. The standard InChI is InChI=1S/C14H12N2O2/c17-14(13-6-7-15-9-16-13)10-2-1-3-12(8-10)18-11-4-5-11/h1-3,6-9,11H,4-5H2. The Morgan fingerprint density at radius 2 is 2.17 bits per heavy atom. The molecule has 3 rings (SSSR count). The topological polar surface area (TPSA) is 52.1 Å². The van der Waals surface area contributed by atoms with Crippen LogP contribution in [-0.4, -0.2) is 21.9 Å². The SMILES string of the molecule is O=C(c1cccc(OC2CC2)c1)c1ccncn1. The van der Waals surface area contributed by atoms with Crippen LogP contribution in [0.2, 0.25) is 0 Å². The van der Waals surface area contributed by atoms with Gasteiger partial charge in [-0.15, -0.1) is 0 Å². The van der Waals surface area contributed by atoms with Crippen LogP contribution in [-0.2, 0) is 0 Å². The number of nitrogens with zero attached hydrogens (tertiary/aromatic N) is 2. The minimum atomic E-state index is -0.112. The number of benzene rings is 1. The van der Waals surface area contributed by atoms with Crippen molar-refractivity contribution in [2.24, 2.45) is 0 Å². The lowest BCUT2D eigenvalue weighted by atomic mass is 10.1. The zero-order valence-corrected chi connectivity index (χ0v) is 9.74. The van der Waals surface area contributed by atoms with Crippen LogP contribution in [0.15, 0.2) is 42.9 Å². The van der Waals surface area contributed by atoms with Crippen LogP contribution in [0, 0.1) is 0 Å². The van der Waals surface area contributed by atoms with Crippen molar-refractivity contribution in [2.75, 3.05) is 0 Å². The zero-order chi connectivity index (χ0) is 12.4. The number of rotatable bonds is 4. The largest absolute Gasteiger partial charge is 0.490 e. The molecule has 0 atom stereocenters. The van der Waals surface area contributed by atoms with Gasteiger partial charge in [-0.1, -0.05) is 12.1 Å². The molecule has 90 valence electrons. The van der Waals surface area contributed by atoms with Crippen molar-refractivity contribution in [3.63, 3.8) is 0 Å². The van der Waals surface area contributed by atoms with E-state index < -0.39 is 0 Å². The van der Waals surface area contributed by atoms with Crippen LogP contribution < -0.4 is 4.74 Å². The minimum Gasteiger partial charge on any atom is -0.490 e. The Hall–Kier alpha value is -2.23. The highest BCUT2D eigenvalue weighted by atomic mass is 16.5. The van der Waals surface area contributed by atoms with E-state index in [0.29, 0.717) is 17.4 Å². The second-order valence-electron chi connectivity index (χ2n) is 4.27. The molecule has 1 fully saturated rings. The van der Waals surface area contributed by atoms with Crippen molar-refractivity contribution >= 4 is 5.78 Å². The van der Waals surface area contributed by atoms with E-state index in [2.05, 4.69) is 9.97 Å². The lowest BCUT2D eigenvalue weighted by molar-refractivity contribution is 0.103. The Morgan fingerprint density at radius 3 is 2.89 bits per heavy atom. The van der Waals surface area contributed by atoms with Crippen LogP contribution in [0.5, 0.6) is 5.75 Å². The van der Waals surface area contributed by atoms with Crippen LogP contribution in [0.3, 0.4) is 0 Å². The van der Waals surface area contributed by atoms with E-state index in [9.17, 15) is 4.79 Å². The first-order chi connectivity index (χ1) is 8.83. The fourth-order valence-electron chi connectivity index (χ4n) is 1.66. The van der Waals surface area contributed by atoms with Crippen LogP contribution in [0.1, 0.15) is 28.9 Å². The molecule has 1 aromatic heterocycles. The van der Waals surface area contributed by atoms with E-state index in [-0.39, 0.29) is 5.78 Å². The van der Waals surface area contributed by atoms with Gasteiger partial charge in [-0.2, -0.15) is 0 Å². The first-order valence-corrected chi connectivity index (χ1v) is 5.90. The van der Waals surface area contributed by atoms with Gasteiger partial charge in [-0.3, -0.25) is 4.79 Å². The van der Waals surface area contributed by atoms with Crippen molar-refractivity contribution in [3.05, 3.63) is 54.1 Å². The van der Waals surface area contributed by atoms with Crippen molar-refractivity contribution in [1.82, 2.24) is 9.97 Å². The molecule has 1 saturated carbocycles. The minimum absolute atomic E-state index is 0.112. The Bertz CT molecular complexity index is 565. The fraction of sp³-hybridized carbons (Fsp3) is 0.214. The molecule has 1 aromatic carbocycles. The van der Waals surface area contributed by atoms with Crippen LogP contribution >= 0.6 is 0 Å². The van der Waals surface area contributed by atoms with Gasteiger partial charge in [0.25, 0.3) is 0 Å². The normalized spacial score (nSPS) is 14.2. The summed E-state index contributed by atoms with van der Waals surface area (Å²) in [6.07, 6.45) is 5.46. The second-order valence-corrected chi connectivity index (χ2v) is 4.27. The molecule has 0 N–H and O–H groups in total. The summed E-state index contributed by atoms with van der Waals surface area (Å²) in [5, 5.41) is 0. The molecule has 0 saturated heterocycles. The maximum Gasteiger partial charge on any atom is 0.211 e. The maximum absolute atomic E-state index is 12.2. The van der Waals surface area contributed by atoms with Crippen LogP contribution in [0.25, 0.3) is 0 Å². The molecule has 0 radical (unpaired) electrons. The van der Waals surface area contributed by atoms with E-state index in [0.717, 1.165) is 18.6 Å². The molecule has 0 aliphatic heterocycles. The molecule has 0 bridgehead atoms. The average molecular weight is 240 g/mol. The number of carbonyl (C=O) groups excluding carboxylic acids is 1. The molecule has 18 heavy (non-hydrogen) atoms. The molecular formula is C14H12N2O2. The van der Waals surface area contributed by atoms with Gasteiger partial charge >= 0.3 is 0 Å². The Morgan fingerprint density at radius 1 is 1.28 bits per heavy atom. The lowest BCUT2D eigenvalue weighted by Gasteiger charge is -2.06. The van der Waals surface area contributed by atoms with Gasteiger partial charge in [-0.25, -0.2) is 9.97 Å². The maximum atomic E-state index is 12.2. The molecule has 0 amide bonds. The third kappa shape index (κ3) is 2.37. The van der Waals surface area contributed by atoms with Crippen molar-refractivity contribution in [2.45, 2.75) is 18.9 Å². The molecule has 4 nitrogen and oxygen atoms in total. The van der Waals surface area contributed by atoms with Gasteiger partial charge in [-0.05, 0) is 31.0 Å². The Kier molecular flexibility index (Phi) is 2.76.